The quantitative estimate of drug-likeness (QED) is 0.539. The average molecular weight is 440 g/mol. The lowest BCUT2D eigenvalue weighted by Gasteiger charge is -2.44. The summed E-state index contributed by atoms with van der Waals surface area (Å²) in [5.41, 5.74) is 0.231. The number of piperazine rings is 1. The van der Waals surface area contributed by atoms with E-state index in [2.05, 4.69) is 53.1 Å². The highest BCUT2D eigenvalue weighted by molar-refractivity contribution is 7.99. The summed E-state index contributed by atoms with van der Waals surface area (Å²) in [4.78, 5) is 16.6. The number of guanidine groups is 1. The maximum absolute atomic E-state index is 5.59. The Balaban J connectivity index is 1.32. The molecular weight excluding hydrogens is 406 g/mol. The number of anilines is 1. The smallest absolute Gasteiger partial charge is 0.205 e. The Bertz CT molecular complexity index is 678. The van der Waals surface area contributed by atoms with Crippen LogP contribution in [0.25, 0.3) is 0 Å². The Morgan fingerprint density at radius 1 is 1.21 bits per heavy atom. The van der Waals surface area contributed by atoms with Crippen molar-refractivity contribution in [2.75, 3.05) is 82.5 Å². The summed E-state index contributed by atoms with van der Waals surface area (Å²) in [6, 6.07) is 0. The number of nitrogens with one attached hydrogen (secondary N) is 1. The van der Waals surface area contributed by atoms with Crippen LogP contribution >= 0.6 is 23.3 Å². The van der Waals surface area contributed by atoms with E-state index in [1.165, 1.54) is 29.5 Å². The van der Waals surface area contributed by atoms with Crippen LogP contribution in [0.15, 0.2) is 4.99 Å². The summed E-state index contributed by atoms with van der Waals surface area (Å²) < 4.78 is 10.0. The van der Waals surface area contributed by atoms with Gasteiger partial charge in [-0.2, -0.15) is 16.1 Å². The number of nitrogens with zero attached hydrogens (tertiary/aromatic N) is 6. The second kappa shape index (κ2) is 9.80. The number of aryl methyl sites for hydroxylation is 1. The molecule has 3 aliphatic heterocycles. The van der Waals surface area contributed by atoms with Crippen molar-refractivity contribution in [1.29, 1.82) is 0 Å². The number of aromatic nitrogens is 2. The summed E-state index contributed by atoms with van der Waals surface area (Å²) in [6.45, 7) is 10.7. The van der Waals surface area contributed by atoms with Crippen molar-refractivity contribution in [3.05, 3.63) is 5.82 Å². The summed E-state index contributed by atoms with van der Waals surface area (Å²) in [5.74, 6) is 4.42. The molecule has 0 radical (unpaired) electrons. The number of morpholine rings is 1. The molecule has 3 aliphatic rings. The van der Waals surface area contributed by atoms with E-state index in [4.69, 9.17) is 4.74 Å². The van der Waals surface area contributed by atoms with E-state index in [1.807, 2.05) is 7.05 Å². The van der Waals surface area contributed by atoms with Crippen molar-refractivity contribution < 1.29 is 4.74 Å². The van der Waals surface area contributed by atoms with E-state index in [0.717, 1.165) is 82.4 Å². The predicted molar refractivity (Wildman–Crippen MR) is 121 cm³/mol. The zero-order valence-corrected chi connectivity index (χ0v) is 19.2. The van der Waals surface area contributed by atoms with Gasteiger partial charge in [0.2, 0.25) is 5.13 Å². The molecule has 0 bridgehead atoms. The maximum Gasteiger partial charge on any atom is 0.205 e. The lowest BCUT2D eigenvalue weighted by atomic mass is 9.95. The van der Waals surface area contributed by atoms with Crippen LogP contribution < -0.4 is 10.2 Å². The summed E-state index contributed by atoms with van der Waals surface area (Å²) in [6.07, 6.45) is 2.14. The third kappa shape index (κ3) is 4.81. The third-order valence-electron chi connectivity index (χ3n) is 6.18. The van der Waals surface area contributed by atoms with Gasteiger partial charge in [0.25, 0.3) is 0 Å². The fourth-order valence-electron chi connectivity index (χ4n) is 4.34. The van der Waals surface area contributed by atoms with Gasteiger partial charge in [0.15, 0.2) is 5.96 Å². The Labute approximate surface area is 182 Å². The molecule has 1 aromatic rings. The molecule has 1 unspecified atom stereocenters. The Hall–Kier alpha value is -1.10. The molecule has 1 N–H and O–H groups in total. The monoisotopic (exact) mass is 439 g/mol. The highest BCUT2D eigenvalue weighted by Gasteiger charge is 2.41. The first-order valence-electron chi connectivity index (χ1n) is 10.7. The largest absolute Gasteiger partial charge is 0.379 e. The minimum Gasteiger partial charge on any atom is -0.379 e. The number of rotatable bonds is 5. The van der Waals surface area contributed by atoms with Gasteiger partial charge in [-0.15, -0.1) is 0 Å². The Morgan fingerprint density at radius 2 is 2.00 bits per heavy atom. The molecule has 1 atom stereocenters. The van der Waals surface area contributed by atoms with Gasteiger partial charge in [0, 0.05) is 82.1 Å². The molecule has 4 heterocycles. The van der Waals surface area contributed by atoms with Crippen LogP contribution in [-0.2, 0) is 11.2 Å². The first-order chi connectivity index (χ1) is 14.2. The molecule has 1 aromatic heterocycles. The van der Waals surface area contributed by atoms with Gasteiger partial charge in [0.1, 0.15) is 5.82 Å². The Kier molecular flexibility index (Phi) is 7.15. The van der Waals surface area contributed by atoms with Crippen LogP contribution in [0.5, 0.6) is 0 Å². The highest BCUT2D eigenvalue weighted by Crippen LogP contribution is 2.33. The van der Waals surface area contributed by atoms with Crippen molar-refractivity contribution in [3.63, 3.8) is 0 Å². The van der Waals surface area contributed by atoms with Crippen LogP contribution in [0, 0.1) is 0 Å². The van der Waals surface area contributed by atoms with E-state index in [1.54, 1.807) is 0 Å². The minimum atomic E-state index is 0.231. The molecule has 162 valence electrons. The summed E-state index contributed by atoms with van der Waals surface area (Å²) in [7, 11) is 1.90. The number of aliphatic imine (C=N–C) groups is 1. The molecule has 4 rings (SSSR count). The topological polar surface area (TPSA) is 69.1 Å². The number of hydrogen-bond donors (Lipinski definition) is 1. The van der Waals surface area contributed by atoms with Gasteiger partial charge in [-0.3, -0.25) is 9.89 Å². The van der Waals surface area contributed by atoms with E-state index in [0.29, 0.717) is 0 Å². The predicted octanol–water partition coefficient (Wildman–Crippen LogP) is 1.01. The van der Waals surface area contributed by atoms with Gasteiger partial charge in [-0.25, -0.2) is 4.98 Å². The van der Waals surface area contributed by atoms with Crippen LogP contribution in [-0.4, -0.2) is 108 Å². The SMILES string of the molecule is CCc1nsc(N2CCN(C(=NC)NCC3(N4CCOCC4)CCSC3)CC2)n1. The van der Waals surface area contributed by atoms with Crippen molar-refractivity contribution in [1.82, 2.24) is 24.5 Å². The first kappa shape index (κ1) is 21.1. The second-order valence-electron chi connectivity index (χ2n) is 7.85. The van der Waals surface area contributed by atoms with E-state index in [-0.39, 0.29) is 5.54 Å². The summed E-state index contributed by atoms with van der Waals surface area (Å²) >= 11 is 3.60. The van der Waals surface area contributed by atoms with Gasteiger partial charge in [-0.05, 0) is 12.2 Å². The molecule has 29 heavy (non-hydrogen) atoms. The molecule has 0 spiro atoms. The van der Waals surface area contributed by atoms with Crippen LogP contribution in [0.3, 0.4) is 0 Å². The summed E-state index contributed by atoms with van der Waals surface area (Å²) in [5, 5.41) is 4.78. The average Bonchev–Trinajstić information content (AvgIpc) is 3.46. The normalized spacial score (nSPS) is 26.9. The number of thioether (sulfide) groups is 1. The van der Waals surface area contributed by atoms with E-state index in [9.17, 15) is 0 Å². The molecule has 0 amide bonds. The Morgan fingerprint density at radius 3 is 2.62 bits per heavy atom. The lowest BCUT2D eigenvalue weighted by molar-refractivity contribution is -0.0121. The van der Waals surface area contributed by atoms with Crippen LogP contribution in [0.2, 0.25) is 0 Å². The molecule has 3 saturated heterocycles. The zero-order chi connectivity index (χ0) is 20.1. The number of hydrogen-bond acceptors (Lipinski definition) is 8. The fourth-order valence-corrected chi connectivity index (χ4v) is 6.62. The lowest BCUT2D eigenvalue weighted by Crippen LogP contribution is -2.61. The highest BCUT2D eigenvalue weighted by atomic mass is 32.2. The second-order valence-corrected chi connectivity index (χ2v) is 9.68. The van der Waals surface area contributed by atoms with Gasteiger partial charge in [-0.1, -0.05) is 6.92 Å². The minimum absolute atomic E-state index is 0.231. The molecule has 0 aliphatic carbocycles. The third-order valence-corrected chi connectivity index (χ3v) is 8.22. The van der Waals surface area contributed by atoms with Crippen LogP contribution in [0.4, 0.5) is 5.13 Å². The molecule has 10 heteroatoms. The molecule has 3 fully saturated rings. The van der Waals surface area contributed by atoms with E-state index < -0.39 is 0 Å². The van der Waals surface area contributed by atoms with Crippen molar-refractivity contribution in [2.24, 2.45) is 4.99 Å². The zero-order valence-electron chi connectivity index (χ0n) is 17.6. The van der Waals surface area contributed by atoms with Gasteiger partial charge < -0.3 is 19.9 Å². The van der Waals surface area contributed by atoms with E-state index >= 15 is 0 Å². The van der Waals surface area contributed by atoms with Crippen molar-refractivity contribution >= 4 is 34.4 Å². The molecular formula is C19H33N7OS2. The van der Waals surface area contributed by atoms with Crippen molar-refractivity contribution in [3.8, 4) is 0 Å². The molecule has 0 saturated carbocycles. The van der Waals surface area contributed by atoms with Gasteiger partial charge in [0.05, 0.1) is 13.2 Å². The molecule has 0 aromatic carbocycles. The molecule has 8 nitrogen and oxygen atoms in total. The maximum atomic E-state index is 5.59. The first-order valence-corrected chi connectivity index (χ1v) is 12.6. The fraction of sp³-hybridized carbons (Fsp3) is 0.842. The van der Waals surface area contributed by atoms with Crippen molar-refractivity contribution in [2.45, 2.75) is 25.3 Å². The van der Waals surface area contributed by atoms with Gasteiger partial charge >= 0.3 is 0 Å². The standard InChI is InChI=1S/C19H33N7OS2/c1-3-16-22-18(29-23-16)25-7-5-24(6-8-25)17(20-2)21-14-19(4-13-28-15-19)26-9-11-27-12-10-26/h3-15H2,1-2H3,(H,20,21). The number of ether oxygens (including phenoxy) is 1. The van der Waals surface area contributed by atoms with Crippen LogP contribution in [0.1, 0.15) is 19.2 Å².